The predicted molar refractivity (Wildman–Crippen MR) is 81.5 cm³/mol. The molecular formula is C16H13ClFNO3. The third kappa shape index (κ3) is 4.30. The predicted octanol–water partition coefficient (Wildman–Crippen LogP) is 3.58. The summed E-state index contributed by atoms with van der Waals surface area (Å²) in [6.07, 6.45) is 0. The van der Waals surface area contributed by atoms with E-state index in [1.54, 1.807) is 18.2 Å². The van der Waals surface area contributed by atoms with Crippen LogP contribution in [-0.4, -0.2) is 18.5 Å². The van der Waals surface area contributed by atoms with Gasteiger partial charge in [-0.3, -0.25) is 4.79 Å². The second kappa shape index (κ2) is 7.04. The van der Waals surface area contributed by atoms with Gasteiger partial charge in [-0.15, -0.1) is 0 Å². The van der Waals surface area contributed by atoms with E-state index in [-0.39, 0.29) is 5.02 Å². The molecule has 0 aliphatic rings. The van der Waals surface area contributed by atoms with Crippen LogP contribution in [-0.2, 0) is 9.53 Å². The van der Waals surface area contributed by atoms with Crippen LogP contribution in [0.3, 0.4) is 0 Å². The van der Waals surface area contributed by atoms with Gasteiger partial charge >= 0.3 is 5.97 Å². The van der Waals surface area contributed by atoms with Crippen LogP contribution < -0.4 is 5.32 Å². The SMILES string of the molecule is Cc1cccc(C(=O)OCC(=O)Nc2ccc(F)c(Cl)c2)c1. The average molecular weight is 322 g/mol. The summed E-state index contributed by atoms with van der Waals surface area (Å²) in [7, 11) is 0. The third-order valence-corrected chi connectivity index (χ3v) is 3.08. The molecule has 0 saturated heterocycles. The normalized spacial score (nSPS) is 10.1. The van der Waals surface area contributed by atoms with E-state index < -0.39 is 24.3 Å². The Morgan fingerprint density at radius 2 is 2.00 bits per heavy atom. The molecule has 114 valence electrons. The first-order valence-corrected chi connectivity index (χ1v) is 6.82. The number of hydrogen-bond acceptors (Lipinski definition) is 3. The van der Waals surface area contributed by atoms with Crippen LogP contribution in [0.5, 0.6) is 0 Å². The van der Waals surface area contributed by atoms with Crippen LogP contribution in [0.2, 0.25) is 5.02 Å². The lowest BCUT2D eigenvalue weighted by Crippen LogP contribution is -2.21. The summed E-state index contributed by atoms with van der Waals surface area (Å²) in [6, 6.07) is 10.6. The van der Waals surface area contributed by atoms with Gasteiger partial charge in [0.1, 0.15) is 5.82 Å². The molecule has 0 bridgehead atoms. The van der Waals surface area contributed by atoms with E-state index in [1.807, 2.05) is 13.0 Å². The molecule has 0 aliphatic carbocycles. The summed E-state index contributed by atoms with van der Waals surface area (Å²) in [6.45, 7) is 1.41. The van der Waals surface area contributed by atoms with Crippen molar-refractivity contribution >= 4 is 29.2 Å². The lowest BCUT2D eigenvalue weighted by Gasteiger charge is -2.07. The molecule has 4 nitrogen and oxygen atoms in total. The standard InChI is InChI=1S/C16H13ClFNO3/c1-10-3-2-4-11(7-10)16(21)22-9-15(20)19-12-5-6-14(18)13(17)8-12/h2-8H,9H2,1H3,(H,19,20). The highest BCUT2D eigenvalue weighted by Gasteiger charge is 2.11. The summed E-state index contributed by atoms with van der Waals surface area (Å²) in [5, 5.41) is 2.36. The summed E-state index contributed by atoms with van der Waals surface area (Å²) in [4.78, 5) is 23.5. The highest BCUT2D eigenvalue weighted by molar-refractivity contribution is 6.31. The summed E-state index contributed by atoms with van der Waals surface area (Å²) in [5.41, 5.74) is 1.61. The maximum Gasteiger partial charge on any atom is 0.338 e. The Morgan fingerprint density at radius 3 is 2.68 bits per heavy atom. The number of nitrogens with one attached hydrogen (secondary N) is 1. The first-order valence-electron chi connectivity index (χ1n) is 6.44. The number of halogens is 2. The number of esters is 1. The van der Waals surface area contributed by atoms with Crippen LogP contribution in [0.15, 0.2) is 42.5 Å². The zero-order valence-electron chi connectivity index (χ0n) is 11.7. The maximum atomic E-state index is 13.0. The van der Waals surface area contributed by atoms with Gasteiger partial charge in [0.25, 0.3) is 5.91 Å². The van der Waals surface area contributed by atoms with Gasteiger partial charge in [0.2, 0.25) is 0 Å². The molecule has 0 unspecified atom stereocenters. The topological polar surface area (TPSA) is 55.4 Å². The Bertz CT molecular complexity index is 718. The van der Waals surface area contributed by atoms with Crippen molar-refractivity contribution in [3.63, 3.8) is 0 Å². The van der Waals surface area contributed by atoms with Crippen molar-refractivity contribution in [1.29, 1.82) is 0 Å². The molecule has 0 atom stereocenters. The van der Waals surface area contributed by atoms with Gasteiger partial charge in [-0.2, -0.15) is 0 Å². The van der Waals surface area contributed by atoms with E-state index in [9.17, 15) is 14.0 Å². The monoisotopic (exact) mass is 321 g/mol. The Labute approximate surface area is 131 Å². The van der Waals surface area contributed by atoms with Gasteiger partial charge in [0.05, 0.1) is 10.6 Å². The highest BCUT2D eigenvalue weighted by atomic mass is 35.5. The summed E-state index contributed by atoms with van der Waals surface area (Å²) < 4.78 is 17.9. The number of hydrogen-bond donors (Lipinski definition) is 1. The van der Waals surface area contributed by atoms with E-state index in [0.29, 0.717) is 11.3 Å². The fourth-order valence-corrected chi connectivity index (χ4v) is 1.94. The molecule has 0 aromatic heterocycles. The van der Waals surface area contributed by atoms with Crippen LogP contribution in [0.25, 0.3) is 0 Å². The van der Waals surface area contributed by atoms with Gasteiger partial charge in [-0.25, -0.2) is 9.18 Å². The summed E-state index contributed by atoms with van der Waals surface area (Å²) in [5.74, 6) is -1.70. The van der Waals surface area contributed by atoms with Crippen molar-refractivity contribution in [3.8, 4) is 0 Å². The van der Waals surface area contributed by atoms with Crippen LogP contribution in [0.1, 0.15) is 15.9 Å². The minimum atomic E-state index is -0.587. The third-order valence-electron chi connectivity index (χ3n) is 2.79. The molecule has 0 aliphatic heterocycles. The van der Waals surface area contributed by atoms with Crippen LogP contribution >= 0.6 is 11.6 Å². The number of aryl methyl sites for hydroxylation is 1. The Hall–Kier alpha value is -2.40. The molecular weight excluding hydrogens is 309 g/mol. The van der Waals surface area contributed by atoms with Gasteiger partial charge in [-0.05, 0) is 37.3 Å². The number of benzene rings is 2. The van der Waals surface area contributed by atoms with Crippen molar-refractivity contribution in [2.24, 2.45) is 0 Å². The molecule has 1 amide bonds. The molecule has 2 rings (SSSR count). The zero-order chi connectivity index (χ0) is 16.1. The zero-order valence-corrected chi connectivity index (χ0v) is 12.5. The fraction of sp³-hybridized carbons (Fsp3) is 0.125. The number of carbonyl (C=O) groups is 2. The summed E-state index contributed by atoms with van der Waals surface area (Å²) >= 11 is 5.61. The number of ether oxygens (including phenoxy) is 1. The number of anilines is 1. The molecule has 6 heteroatoms. The van der Waals surface area contributed by atoms with Crippen LogP contribution in [0, 0.1) is 12.7 Å². The molecule has 2 aromatic rings. The molecule has 0 radical (unpaired) electrons. The van der Waals surface area contributed by atoms with Crippen LogP contribution in [0.4, 0.5) is 10.1 Å². The second-order valence-corrected chi connectivity index (χ2v) is 5.03. The van der Waals surface area contributed by atoms with Gasteiger partial charge in [0.15, 0.2) is 6.61 Å². The minimum absolute atomic E-state index is 0.102. The largest absolute Gasteiger partial charge is 0.452 e. The van der Waals surface area contributed by atoms with E-state index in [0.717, 1.165) is 11.6 Å². The van der Waals surface area contributed by atoms with Crippen molar-refractivity contribution in [2.45, 2.75) is 6.92 Å². The second-order valence-electron chi connectivity index (χ2n) is 4.62. The van der Waals surface area contributed by atoms with E-state index in [2.05, 4.69) is 5.32 Å². The van der Waals surface area contributed by atoms with E-state index in [4.69, 9.17) is 16.3 Å². The number of carbonyl (C=O) groups excluding carboxylic acids is 2. The fourth-order valence-electron chi connectivity index (χ4n) is 1.76. The average Bonchev–Trinajstić information content (AvgIpc) is 2.48. The molecule has 0 fully saturated rings. The first kappa shape index (κ1) is 16.0. The Balaban J connectivity index is 1.90. The lowest BCUT2D eigenvalue weighted by molar-refractivity contribution is -0.119. The minimum Gasteiger partial charge on any atom is -0.452 e. The molecule has 2 aromatic carbocycles. The molecule has 1 N–H and O–H groups in total. The van der Waals surface area contributed by atoms with Gasteiger partial charge < -0.3 is 10.1 Å². The van der Waals surface area contributed by atoms with Gasteiger partial charge in [0, 0.05) is 5.69 Å². The van der Waals surface area contributed by atoms with E-state index in [1.165, 1.54) is 12.1 Å². The quantitative estimate of drug-likeness (QED) is 0.876. The van der Waals surface area contributed by atoms with Crippen molar-refractivity contribution in [1.82, 2.24) is 0 Å². The molecule has 22 heavy (non-hydrogen) atoms. The molecule has 0 spiro atoms. The van der Waals surface area contributed by atoms with Crippen molar-refractivity contribution in [3.05, 3.63) is 64.4 Å². The van der Waals surface area contributed by atoms with Crippen molar-refractivity contribution < 1.29 is 18.7 Å². The number of rotatable bonds is 4. The van der Waals surface area contributed by atoms with E-state index >= 15 is 0 Å². The molecule has 0 heterocycles. The molecule has 0 saturated carbocycles. The lowest BCUT2D eigenvalue weighted by atomic mass is 10.1. The van der Waals surface area contributed by atoms with Gasteiger partial charge in [-0.1, -0.05) is 29.3 Å². The first-order chi connectivity index (χ1) is 10.5. The number of amides is 1. The smallest absolute Gasteiger partial charge is 0.338 e. The highest BCUT2D eigenvalue weighted by Crippen LogP contribution is 2.19. The van der Waals surface area contributed by atoms with Crippen molar-refractivity contribution in [2.75, 3.05) is 11.9 Å². The Morgan fingerprint density at radius 1 is 1.23 bits per heavy atom. The Kier molecular flexibility index (Phi) is 5.12. The maximum absolute atomic E-state index is 13.0.